The molecule has 2 heteroatoms. The second-order valence-corrected chi connectivity index (χ2v) is 5.73. The van der Waals surface area contributed by atoms with E-state index in [0.717, 1.165) is 25.0 Å². The Hall–Kier alpha value is -1.57. The first kappa shape index (κ1) is 12.5. The molecule has 0 amide bonds. The standard InChI is InChI=1S/C17H20O2/c1-3-19-15-4-5-16-12(2)17(11-13(16)10-15)8-6-14(18)7-9-17/h4-5,10H,2-3,6-9,11H2,1H3. The maximum absolute atomic E-state index is 11.5. The molecular formula is C17H20O2. The highest BCUT2D eigenvalue weighted by molar-refractivity contribution is 5.83. The van der Waals surface area contributed by atoms with Crippen LogP contribution >= 0.6 is 0 Å². The number of hydrogen-bond acceptors (Lipinski definition) is 2. The van der Waals surface area contributed by atoms with Crippen molar-refractivity contribution in [3.05, 3.63) is 35.9 Å². The van der Waals surface area contributed by atoms with Crippen LogP contribution in [0.5, 0.6) is 5.75 Å². The van der Waals surface area contributed by atoms with Crippen molar-refractivity contribution in [2.75, 3.05) is 6.61 Å². The summed E-state index contributed by atoms with van der Waals surface area (Å²) in [5.41, 5.74) is 3.99. The van der Waals surface area contributed by atoms with E-state index in [1.807, 2.05) is 13.0 Å². The molecule has 1 fully saturated rings. The van der Waals surface area contributed by atoms with Gasteiger partial charge in [-0.1, -0.05) is 12.6 Å². The van der Waals surface area contributed by atoms with Crippen molar-refractivity contribution in [2.45, 2.75) is 39.0 Å². The Kier molecular flexibility index (Phi) is 2.96. The molecule has 2 nitrogen and oxygen atoms in total. The summed E-state index contributed by atoms with van der Waals surface area (Å²) in [6.45, 7) is 7.02. The van der Waals surface area contributed by atoms with Gasteiger partial charge in [0.2, 0.25) is 0 Å². The SMILES string of the molecule is C=C1c2ccc(OCC)cc2CC12CCC(=O)CC2. The minimum absolute atomic E-state index is 0.140. The van der Waals surface area contributed by atoms with Gasteiger partial charge in [-0.25, -0.2) is 0 Å². The van der Waals surface area contributed by atoms with Gasteiger partial charge in [-0.15, -0.1) is 0 Å². The minimum atomic E-state index is 0.140. The average Bonchev–Trinajstić information content (AvgIpc) is 2.67. The molecule has 1 aromatic rings. The van der Waals surface area contributed by atoms with Crippen molar-refractivity contribution in [3.8, 4) is 5.75 Å². The molecule has 0 N–H and O–H groups in total. The van der Waals surface area contributed by atoms with Gasteiger partial charge in [0, 0.05) is 18.3 Å². The van der Waals surface area contributed by atoms with Gasteiger partial charge >= 0.3 is 0 Å². The average molecular weight is 256 g/mol. The number of ether oxygens (including phenoxy) is 1. The Labute approximate surface area is 114 Å². The molecule has 2 aliphatic carbocycles. The van der Waals surface area contributed by atoms with E-state index in [4.69, 9.17) is 4.74 Å². The molecule has 1 spiro atoms. The van der Waals surface area contributed by atoms with Crippen LogP contribution in [0.4, 0.5) is 0 Å². The number of ketones is 1. The van der Waals surface area contributed by atoms with Crippen molar-refractivity contribution in [1.82, 2.24) is 0 Å². The lowest BCUT2D eigenvalue weighted by atomic mass is 9.69. The highest BCUT2D eigenvalue weighted by Gasteiger charge is 2.42. The summed E-state index contributed by atoms with van der Waals surface area (Å²) in [5, 5.41) is 0. The molecule has 0 atom stereocenters. The van der Waals surface area contributed by atoms with Crippen LogP contribution in [-0.4, -0.2) is 12.4 Å². The zero-order valence-electron chi connectivity index (χ0n) is 11.5. The van der Waals surface area contributed by atoms with Crippen LogP contribution in [0.3, 0.4) is 0 Å². The van der Waals surface area contributed by atoms with Crippen LogP contribution in [-0.2, 0) is 11.2 Å². The second kappa shape index (κ2) is 4.52. The molecule has 3 rings (SSSR count). The Morgan fingerprint density at radius 2 is 2.05 bits per heavy atom. The molecule has 1 saturated carbocycles. The van der Waals surface area contributed by atoms with Crippen LogP contribution < -0.4 is 4.74 Å². The van der Waals surface area contributed by atoms with E-state index in [0.29, 0.717) is 25.2 Å². The summed E-state index contributed by atoms with van der Waals surface area (Å²) < 4.78 is 5.58. The predicted octanol–water partition coefficient (Wildman–Crippen LogP) is 3.78. The zero-order chi connectivity index (χ0) is 13.5. The molecule has 100 valence electrons. The van der Waals surface area contributed by atoms with E-state index in [1.165, 1.54) is 16.7 Å². The number of Topliss-reactive ketones (excluding diaryl/α,β-unsaturated/α-hetero) is 1. The largest absolute Gasteiger partial charge is 0.494 e. The number of fused-ring (bicyclic) bond motifs is 1. The molecule has 19 heavy (non-hydrogen) atoms. The van der Waals surface area contributed by atoms with E-state index in [9.17, 15) is 4.79 Å². The zero-order valence-corrected chi connectivity index (χ0v) is 11.5. The first-order valence-corrected chi connectivity index (χ1v) is 7.12. The first-order chi connectivity index (χ1) is 9.14. The Bertz CT molecular complexity index is 532. The lowest BCUT2D eigenvalue weighted by Crippen LogP contribution is -2.27. The molecule has 0 heterocycles. The Morgan fingerprint density at radius 1 is 1.32 bits per heavy atom. The van der Waals surface area contributed by atoms with E-state index >= 15 is 0 Å². The highest BCUT2D eigenvalue weighted by atomic mass is 16.5. The molecule has 0 aliphatic heterocycles. The summed E-state index contributed by atoms with van der Waals surface area (Å²) >= 11 is 0. The molecule has 2 aliphatic rings. The molecule has 0 radical (unpaired) electrons. The summed E-state index contributed by atoms with van der Waals surface area (Å²) in [5.74, 6) is 1.35. The van der Waals surface area contributed by atoms with Crippen molar-refractivity contribution in [1.29, 1.82) is 0 Å². The van der Waals surface area contributed by atoms with E-state index < -0.39 is 0 Å². The predicted molar refractivity (Wildman–Crippen MR) is 76.3 cm³/mol. The van der Waals surface area contributed by atoms with Crippen molar-refractivity contribution in [3.63, 3.8) is 0 Å². The van der Waals surface area contributed by atoms with Crippen molar-refractivity contribution >= 4 is 11.4 Å². The van der Waals surface area contributed by atoms with Gasteiger partial charge in [-0.2, -0.15) is 0 Å². The number of allylic oxidation sites excluding steroid dienone is 1. The molecular weight excluding hydrogens is 236 g/mol. The van der Waals surface area contributed by atoms with Gasteiger partial charge in [0.15, 0.2) is 0 Å². The second-order valence-electron chi connectivity index (χ2n) is 5.73. The molecule has 0 unspecified atom stereocenters. The highest BCUT2D eigenvalue weighted by Crippen LogP contribution is 2.53. The van der Waals surface area contributed by atoms with Gasteiger partial charge in [-0.05, 0) is 55.0 Å². The van der Waals surface area contributed by atoms with E-state index in [2.05, 4.69) is 18.7 Å². The van der Waals surface area contributed by atoms with Crippen molar-refractivity contribution < 1.29 is 9.53 Å². The third kappa shape index (κ3) is 1.99. The lowest BCUT2D eigenvalue weighted by molar-refractivity contribution is -0.121. The molecule has 0 bridgehead atoms. The number of benzene rings is 1. The summed E-state index contributed by atoms with van der Waals surface area (Å²) in [4.78, 5) is 11.5. The number of hydrogen-bond donors (Lipinski definition) is 0. The van der Waals surface area contributed by atoms with Gasteiger partial charge in [0.25, 0.3) is 0 Å². The summed E-state index contributed by atoms with van der Waals surface area (Å²) in [6.07, 6.45) is 4.37. The lowest BCUT2D eigenvalue weighted by Gasteiger charge is -2.34. The quantitative estimate of drug-likeness (QED) is 0.805. The summed E-state index contributed by atoms with van der Waals surface area (Å²) in [6, 6.07) is 6.31. The fourth-order valence-electron chi connectivity index (χ4n) is 3.51. The minimum Gasteiger partial charge on any atom is -0.494 e. The third-order valence-electron chi connectivity index (χ3n) is 4.65. The number of carbonyl (C=O) groups excluding carboxylic acids is 1. The fraction of sp³-hybridized carbons (Fsp3) is 0.471. The van der Waals surface area contributed by atoms with Crippen LogP contribution in [0.2, 0.25) is 0 Å². The summed E-state index contributed by atoms with van der Waals surface area (Å²) in [7, 11) is 0. The van der Waals surface area contributed by atoms with Crippen LogP contribution in [0.15, 0.2) is 24.8 Å². The van der Waals surface area contributed by atoms with Crippen molar-refractivity contribution in [2.24, 2.45) is 5.41 Å². The fourth-order valence-corrected chi connectivity index (χ4v) is 3.51. The van der Waals surface area contributed by atoms with Gasteiger partial charge in [0.1, 0.15) is 11.5 Å². The number of carbonyl (C=O) groups is 1. The Morgan fingerprint density at radius 3 is 2.74 bits per heavy atom. The van der Waals surface area contributed by atoms with Crippen LogP contribution in [0.25, 0.3) is 5.57 Å². The monoisotopic (exact) mass is 256 g/mol. The first-order valence-electron chi connectivity index (χ1n) is 7.12. The maximum Gasteiger partial charge on any atom is 0.132 e. The third-order valence-corrected chi connectivity index (χ3v) is 4.65. The normalized spacial score (nSPS) is 20.7. The number of rotatable bonds is 2. The Balaban J connectivity index is 1.90. The van der Waals surface area contributed by atoms with Crippen LogP contribution in [0, 0.1) is 5.41 Å². The molecule has 0 saturated heterocycles. The van der Waals surface area contributed by atoms with Gasteiger partial charge in [0.05, 0.1) is 6.61 Å². The molecule has 1 aromatic carbocycles. The van der Waals surface area contributed by atoms with Crippen LogP contribution in [0.1, 0.15) is 43.7 Å². The van der Waals surface area contributed by atoms with Gasteiger partial charge < -0.3 is 4.74 Å². The molecule has 0 aromatic heterocycles. The van der Waals surface area contributed by atoms with E-state index in [1.54, 1.807) is 0 Å². The van der Waals surface area contributed by atoms with Gasteiger partial charge in [-0.3, -0.25) is 4.79 Å². The van der Waals surface area contributed by atoms with E-state index in [-0.39, 0.29) is 5.41 Å². The smallest absolute Gasteiger partial charge is 0.132 e. The maximum atomic E-state index is 11.5. The topological polar surface area (TPSA) is 26.3 Å².